The van der Waals surface area contributed by atoms with Gasteiger partial charge in [-0.1, -0.05) is 24.3 Å². The Balaban J connectivity index is 1.87. The number of hydrogen-bond acceptors (Lipinski definition) is 2. The van der Waals surface area contributed by atoms with E-state index < -0.39 is 9.52 Å². The lowest BCUT2D eigenvalue weighted by Gasteiger charge is -2.18. The molecule has 0 spiro atoms. The van der Waals surface area contributed by atoms with Crippen LogP contribution in [0.25, 0.3) is 0 Å². The molecular formula is C16H15F2N3Si. The van der Waals surface area contributed by atoms with Gasteiger partial charge in [-0.3, -0.25) is 0 Å². The summed E-state index contributed by atoms with van der Waals surface area (Å²) in [7, 11) is -0.627. The van der Waals surface area contributed by atoms with Crippen molar-refractivity contribution < 1.29 is 8.78 Å². The van der Waals surface area contributed by atoms with Gasteiger partial charge in [0.2, 0.25) is 0 Å². The van der Waals surface area contributed by atoms with Crippen molar-refractivity contribution in [3.63, 3.8) is 0 Å². The van der Waals surface area contributed by atoms with E-state index in [1.165, 1.54) is 24.3 Å². The molecule has 3 nitrogen and oxygen atoms in total. The first-order valence-electron chi connectivity index (χ1n) is 7.06. The Morgan fingerprint density at radius 2 is 1.27 bits per heavy atom. The molecule has 1 aromatic heterocycles. The van der Waals surface area contributed by atoms with E-state index in [-0.39, 0.29) is 17.2 Å². The summed E-state index contributed by atoms with van der Waals surface area (Å²) in [5.41, 5.74) is 2.32. The second-order valence-corrected chi connectivity index (χ2v) is 6.99. The molecule has 6 heteroatoms. The Labute approximate surface area is 129 Å². The average molecular weight is 315 g/mol. The van der Waals surface area contributed by atoms with E-state index in [1.54, 1.807) is 12.7 Å². The molecule has 0 radical (unpaired) electrons. The Morgan fingerprint density at radius 1 is 0.818 bits per heavy atom. The Kier molecular flexibility index (Phi) is 4.39. The van der Waals surface area contributed by atoms with Crippen LogP contribution in [0, 0.1) is 11.6 Å². The van der Waals surface area contributed by atoms with E-state index in [4.69, 9.17) is 0 Å². The summed E-state index contributed by atoms with van der Waals surface area (Å²) in [4.78, 5) is 0. The summed E-state index contributed by atoms with van der Waals surface area (Å²) < 4.78 is 28.3. The Bertz CT molecular complexity index is 667. The quantitative estimate of drug-likeness (QED) is 0.677. The SMILES string of the molecule is Fc1ccc(C([SiH2]Cn2cnnc2)c2ccc(F)cc2)cc1. The minimum absolute atomic E-state index is 0.198. The van der Waals surface area contributed by atoms with Crippen LogP contribution in [0.4, 0.5) is 8.78 Å². The highest BCUT2D eigenvalue weighted by Gasteiger charge is 2.15. The van der Waals surface area contributed by atoms with Crippen molar-refractivity contribution in [3.05, 3.63) is 83.9 Å². The fourth-order valence-electron chi connectivity index (χ4n) is 2.53. The molecule has 0 aliphatic carbocycles. The standard InChI is InChI=1S/C16H15F2N3Si/c17-14-5-1-12(2-6-14)16(13-3-7-15(18)8-4-13)22-11-21-9-19-20-10-21/h1-10,16H,11,22H2. The van der Waals surface area contributed by atoms with Gasteiger partial charge in [0.05, 0.1) is 9.52 Å². The minimum Gasteiger partial charge on any atom is -0.324 e. The fourth-order valence-corrected chi connectivity index (χ4v) is 4.53. The molecule has 0 fully saturated rings. The van der Waals surface area contributed by atoms with Gasteiger partial charge in [0, 0.05) is 6.17 Å². The molecule has 1 heterocycles. The van der Waals surface area contributed by atoms with Crippen molar-refractivity contribution in [1.82, 2.24) is 14.8 Å². The van der Waals surface area contributed by atoms with Crippen molar-refractivity contribution >= 4 is 9.52 Å². The second kappa shape index (κ2) is 6.61. The number of benzene rings is 2. The van der Waals surface area contributed by atoms with Crippen LogP contribution in [0.2, 0.25) is 0 Å². The maximum atomic E-state index is 13.2. The highest BCUT2D eigenvalue weighted by Crippen LogP contribution is 2.24. The van der Waals surface area contributed by atoms with Crippen molar-refractivity contribution in [2.75, 3.05) is 0 Å². The van der Waals surface area contributed by atoms with Gasteiger partial charge in [0.25, 0.3) is 0 Å². The zero-order valence-electron chi connectivity index (χ0n) is 11.9. The zero-order valence-corrected chi connectivity index (χ0v) is 13.3. The Morgan fingerprint density at radius 3 is 1.73 bits per heavy atom. The first-order valence-corrected chi connectivity index (χ1v) is 8.87. The molecule has 22 heavy (non-hydrogen) atoms. The van der Waals surface area contributed by atoms with Crippen LogP contribution in [-0.2, 0) is 6.17 Å². The molecule has 2 aromatic carbocycles. The van der Waals surface area contributed by atoms with Crippen LogP contribution in [0.5, 0.6) is 0 Å². The van der Waals surface area contributed by atoms with Crippen molar-refractivity contribution in [1.29, 1.82) is 0 Å². The van der Waals surface area contributed by atoms with Crippen LogP contribution in [-0.4, -0.2) is 24.3 Å². The van der Waals surface area contributed by atoms with E-state index in [2.05, 4.69) is 10.2 Å². The van der Waals surface area contributed by atoms with Gasteiger partial charge >= 0.3 is 0 Å². The summed E-state index contributed by atoms with van der Waals surface area (Å²) >= 11 is 0. The molecule has 0 amide bonds. The van der Waals surface area contributed by atoms with Gasteiger partial charge in [0.1, 0.15) is 24.3 Å². The highest BCUT2D eigenvalue weighted by molar-refractivity contribution is 6.37. The molecule has 0 unspecified atom stereocenters. The van der Waals surface area contributed by atoms with E-state index in [0.29, 0.717) is 0 Å². The fraction of sp³-hybridized carbons (Fsp3) is 0.125. The van der Waals surface area contributed by atoms with E-state index in [9.17, 15) is 8.78 Å². The second-order valence-electron chi connectivity index (χ2n) is 5.14. The number of aromatic nitrogens is 3. The highest BCUT2D eigenvalue weighted by atomic mass is 28.2. The lowest BCUT2D eigenvalue weighted by atomic mass is 10.0. The van der Waals surface area contributed by atoms with Crippen molar-refractivity contribution in [2.24, 2.45) is 0 Å². The predicted molar refractivity (Wildman–Crippen MR) is 83.2 cm³/mol. The van der Waals surface area contributed by atoms with E-state index in [1.807, 2.05) is 28.8 Å². The monoisotopic (exact) mass is 315 g/mol. The summed E-state index contributed by atoms with van der Waals surface area (Å²) in [5.74, 6) is -0.496. The average Bonchev–Trinajstić information content (AvgIpc) is 3.04. The van der Waals surface area contributed by atoms with Crippen LogP contribution in [0.15, 0.2) is 61.2 Å². The number of rotatable bonds is 5. The maximum absolute atomic E-state index is 13.2. The number of halogens is 2. The summed E-state index contributed by atoms with van der Waals surface area (Å²) in [6.07, 6.45) is 4.26. The summed E-state index contributed by atoms with van der Waals surface area (Å²) in [5, 5.41) is 7.61. The van der Waals surface area contributed by atoms with Gasteiger partial charge in [0.15, 0.2) is 0 Å². The predicted octanol–water partition coefficient (Wildman–Crippen LogP) is 2.47. The zero-order chi connectivity index (χ0) is 15.4. The number of hydrogen-bond donors (Lipinski definition) is 0. The summed E-state index contributed by atoms with van der Waals surface area (Å²) in [6.45, 7) is 0. The maximum Gasteiger partial charge on any atom is 0.123 e. The third-order valence-electron chi connectivity index (χ3n) is 3.69. The topological polar surface area (TPSA) is 30.7 Å². The van der Waals surface area contributed by atoms with Gasteiger partial charge in [-0.05, 0) is 40.9 Å². The lowest BCUT2D eigenvalue weighted by molar-refractivity contribution is 0.626. The third kappa shape index (κ3) is 3.45. The van der Waals surface area contributed by atoms with E-state index in [0.717, 1.165) is 17.3 Å². The molecule has 0 N–H and O–H groups in total. The van der Waals surface area contributed by atoms with E-state index >= 15 is 0 Å². The lowest BCUT2D eigenvalue weighted by Crippen LogP contribution is -2.16. The van der Waals surface area contributed by atoms with Crippen LogP contribution in [0.3, 0.4) is 0 Å². The van der Waals surface area contributed by atoms with Crippen LogP contribution in [0.1, 0.15) is 16.7 Å². The molecule has 0 saturated heterocycles. The molecule has 0 bridgehead atoms. The first kappa shape index (κ1) is 14.6. The normalized spacial score (nSPS) is 11.6. The van der Waals surface area contributed by atoms with Crippen LogP contribution < -0.4 is 0 Å². The van der Waals surface area contributed by atoms with Gasteiger partial charge < -0.3 is 4.57 Å². The molecular weight excluding hydrogens is 300 g/mol. The van der Waals surface area contributed by atoms with Gasteiger partial charge in [-0.25, -0.2) is 8.78 Å². The smallest absolute Gasteiger partial charge is 0.123 e. The molecule has 3 aromatic rings. The third-order valence-corrected chi connectivity index (χ3v) is 5.98. The largest absolute Gasteiger partial charge is 0.324 e. The molecule has 0 saturated carbocycles. The summed E-state index contributed by atoms with van der Waals surface area (Å²) in [6, 6.07) is 13.1. The van der Waals surface area contributed by atoms with Crippen molar-refractivity contribution in [3.8, 4) is 0 Å². The van der Waals surface area contributed by atoms with Crippen LogP contribution >= 0.6 is 0 Å². The van der Waals surface area contributed by atoms with Crippen molar-refractivity contribution in [2.45, 2.75) is 11.7 Å². The number of nitrogens with zero attached hydrogens (tertiary/aromatic N) is 3. The molecule has 3 rings (SSSR count). The molecule has 0 aliphatic heterocycles. The minimum atomic E-state index is -0.627. The van der Waals surface area contributed by atoms with Gasteiger partial charge in [-0.2, -0.15) is 0 Å². The van der Waals surface area contributed by atoms with Gasteiger partial charge in [-0.15, -0.1) is 10.2 Å². The molecule has 112 valence electrons. The first-order chi connectivity index (χ1) is 10.7. The molecule has 0 aliphatic rings. The molecule has 0 atom stereocenters. The Hall–Kier alpha value is -2.34.